The van der Waals surface area contributed by atoms with Crippen molar-refractivity contribution < 1.29 is 23.9 Å². The Bertz CT molecular complexity index is 464. The van der Waals surface area contributed by atoms with Crippen LogP contribution in [0, 0.1) is 0 Å². The van der Waals surface area contributed by atoms with Gasteiger partial charge in [0, 0.05) is 6.08 Å². The summed E-state index contributed by atoms with van der Waals surface area (Å²) in [6.45, 7) is 0. The van der Waals surface area contributed by atoms with E-state index in [1.807, 2.05) is 0 Å². The molecule has 1 atom stereocenters. The van der Waals surface area contributed by atoms with Crippen LogP contribution >= 0.6 is 0 Å². The van der Waals surface area contributed by atoms with Gasteiger partial charge in [-0.1, -0.05) is 0 Å². The molecule has 1 heterocycles. The molecule has 0 aliphatic rings. The molecule has 0 spiro atoms. The van der Waals surface area contributed by atoms with Crippen molar-refractivity contribution in [3.05, 3.63) is 30.2 Å². The predicted octanol–water partition coefficient (Wildman–Crippen LogP) is -0.262. The molecule has 2 amide bonds. The Hall–Kier alpha value is -2.57. The fourth-order valence-electron chi connectivity index (χ4n) is 1.17. The highest BCUT2D eigenvalue weighted by Crippen LogP contribution is 2.02. The Balaban J connectivity index is 2.56. The minimum atomic E-state index is -1.34. The molecule has 4 N–H and O–H groups in total. The third-order valence-electron chi connectivity index (χ3n) is 1.96. The Labute approximate surface area is 102 Å². The molecule has 0 aliphatic carbocycles. The quantitative estimate of drug-likeness (QED) is 0.602. The molecule has 0 saturated carbocycles. The molecule has 0 radical (unpaired) electrons. The van der Waals surface area contributed by atoms with Gasteiger partial charge in [0.15, 0.2) is 0 Å². The van der Waals surface area contributed by atoms with Crippen LogP contribution in [0.2, 0.25) is 0 Å². The van der Waals surface area contributed by atoms with Crippen LogP contribution in [-0.2, 0) is 14.4 Å². The molecule has 18 heavy (non-hydrogen) atoms. The van der Waals surface area contributed by atoms with Crippen molar-refractivity contribution in [3.63, 3.8) is 0 Å². The molecular weight excluding hydrogens is 240 g/mol. The molecule has 1 aromatic rings. The van der Waals surface area contributed by atoms with E-state index < -0.39 is 30.2 Å². The highest BCUT2D eigenvalue weighted by Gasteiger charge is 2.20. The summed E-state index contributed by atoms with van der Waals surface area (Å²) in [7, 11) is 0. The second kappa shape index (κ2) is 6.24. The highest BCUT2D eigenvalue weighted by molar-refractivity contribution is 5.95. The van der Waals surface area contributed by atoms with Gasteiger partial charge in [-0.05, 0) is 18.2 Å². The summed E-state index contributed by atoms with van der Waals surface area (Å²) in [4.78, 5) is 32.7. The first-order chi connectivity index (χ1) is 8.49. The van der Waals surface area contributed by atoms with E-state index in [4.69, 9.17) is 15.3 Å². The zero-order valence-electron chi connectivity index (χ0n) is 9.33. The zero-order chi connectivity index (χ0) is 13.5. The number of carbonyl (C=O) groups is 3. The minimum Gasteiger partial charge on any atom is -0.480 e. The number of hydrogen-bond acceptors (Lipinski definition) is 4. The fraction of sp³-hybridized carbons (Fsp3) is 0.182. The summed E-state index contributed by atoms with van der Waals surface area (Å²) >= 11 is 0. The average Bonchev–Trinajstić information content (AvgIpc) is 2.77. The largest absolute Gasteiger partial charge is 0.480 e. The molecule has 7 heteroatoms. The third kappa shape index (κ3) is 4.52. The molecule has 7 nitrogen and oxygen atoms in total. The normalized spacial score (nSPS) is 12.2. The second-order valence-electron chi connectivity index (χ2n) is 3.42. The number of nitrogens with one attached hydrogen (secondary N) is 1. The lowest BCUT2D eigenvalue weighted by Gasteiger charge is -2.10. The van der Waals surface area contributed by atoms with Gasteiger partial charge in [0.25, 0.3) is 0 Å². The number of carbonyl (C=O) groups excluding carboxylic acids is 2. The maximum absolute atomic E-state index is 11.4. The lowest BCUT2D eigenvalue weighted by Crippen LogP contribution is -2.42. The summed E-state index contributed by atoms with van der Waals surface area (Å²) in [5, 5.41) is 10.9. The Morgan fingerprint density at radius 3 is 2.72 bits per heavy atom. The number of rotatable bonds is 6. The van der Waals surface area contributed by atoms with Gasteiger partial charge in [-0.3, -0.25) is 9.59 Å². The zero-order valence-corrected chi connectivity index (χ0v) is 9.33. The van der Waals surface area contributed by atoms with Crippen molar-refractivity contribution in [3.8, 4) is 0 Å². The van der Waals surface area contributed by atoms with Crippen LogP contribution in [0.25, 0.3) is 6.08 Å². The van der Waals surface area contributed by atoms with Gasteiger partial charge >= 0.3 is 5.97 Å². The van der Waals surface area contributed by atoms with Crippen molar-refractivity contribution >= 4 is 23.9 Å². The van der Waals surface area contributed by atoms with Gasteiger partial charge in [0.05, 0.1) is 12.7 Å². The monoisotopic (exact) mass is 252 g/mol. The summed E-state index contributed by atoms with van der Waals surface area (Å²) < 4.78 is 4.94. The molecule has 0 saturated heterocycles. The number of aliphatic carboxylic acids is 1. The highest BCUT2D eigenvalue weighted by atomic mass is 16.4. The standard InChI is InChI=1S/C11H12N2O5/c12-9(14)6-8(11(16)17)13-10(15)4-3-7-2-1-5-18-7/h1-5,8H,6H2,(H2,12,14)(H,13,15)(H,16,17)/b4-3+. The first-order valence-corrected chi connectivity index (χ1v) is 5.02. The lowest BCUT2D eigenvalue weighted by molar-refractivity contribution is -0.142. The molecule has 0 aromatic carbocycles. The summed E-state index contributed by atoms with van der Waals surface area (Å²) in [5.41, 5.74) is 4.87. The number of hydrogen-bond donors (Lipinski definition) is 3. The number of primary amides is 1. The van der Waals surface area contributed by atoms with E-state index in [9.17, 15) is 14.4 Å². The van der Waals surface area contributed by atoms with E-state index in [0.29, 0.717) is 5.76 Å². The molecule has 0 fully saturated rings. The lowest BCUT2D eigenvalue weighted by atomic mass is 10.2. The minimum absolute atomic E-state index is 0.451. The van der Waals surface area contributed by atoms with Gasteiger partial charge in [0.1, 0.15) is 11.8 Å². The van der Waals surface area contributed by atoms with Crippen LogP contribution in [0.1, 0.15) is 12.2 Å². The van der Waals surface area contributed by atoms with E-state index >= 15 is 0 Å². The van der Waals surface area contributed by atoms with Crippen LogP contribution < -0.4 is 11.1 Å². The smallest absolute Gasteiger partial charge is 0.326 e. The summed E-state index contributed by atoms with van der Waals surface area (Å²) in [6.07, 6.45) is 3.45. The summed E-state index contributed by atoms with van der Waals surface area (Å²) in [5.74, 6) is -2.33. The maximum Gasteiger partial charge on any atom is 0.326 e. The number of furan rings is 1. The Morgan fingerprint density at radius 1 is 1.50 bits per heavy atom. The molecule has 0 aliphatic heterocycles. The molecule has 0 bridgehead atoms. The van der Waals surface area contributed by atoms with Crippen LogP contribution in [0.15, 0.2) is 28.9 Å². The van der Waals surface area contributed by atoms with E-state index in [1.54, 1.807) is 12.1 Å². The summed E-state index contributed by atoms with van der Waals surface area (Å²) in [6, 6.07) is 1.93. The van der Waals surface area contributed by atoms with Gasteiger partial charge in [-0.25, -0.2) is 4.79 Å². The number of nitrogens with two attached hydrogens (primary N) is 1. The molecular formula is C11H12N2O5. The number of amides is 2. The van der Waals surface area contributed by atoms with Crippen molar-refractivity contribution in [2.75, 3.05) is 0 Å². The van der Waals surface area contributed by atoms with E-state index in [1.165, 1.54) is 12.3 Å². The molecule has 1 rings (SSSR count). The van der Waals surface area contributed by atoms with E-state index in [0.717, 1.165) is 6.08 Å². The number of carboxylic acid groups (broad SMARTS) is 1. The van der Waals surface area contributed by atoms with Crippen LogP contribution in [0.3, 0.4) is 0 Å². The van der Waals surface area contributed by atoms with Gasteiger partial charge in [0.2, 0.25) is 11.8 Å². The maximum atomic E-state index is 11.4. The van der Waals surface area contributed by atoms with Crippen LogP contribution in [0.4, 0.5) is 0 Å². The third-order valence-corrected chi connectivity index (χ3v) is 1.96. The topological polar surface area (TPSA) is 123 Å². The van der Waals surface area contributed by atoms with Crippen molar-refractivity contribution in [1.82, 2.24) is 5.32 Å². The fourth-order valence-corrected chi connectivity index (χ4v) is 1.17. The molecule has 1 aromatic heterocycles. The van der Waals surface area contributed by atoms with E-state index in [2.05, 4.69) is 5.32 Å². The van der Waals surface area contributed by atoms with Gasteiger partial charge in [-0.15, -0.1) is 0 Å². The van der Waals surface area contributed by atoms with Gasteiger partial charge < -0.3 is 20.6 Å². The first-order valence-electron chi connectivity index (χ1n) is 5.02. The van der Waals surface area contributed by atoms with Crippen LogP contribution in [0.5, 0.6) is 0 Å². The first kappa shape index (κ1) is 13.5. The average molecular weight is 252 g/mol. The van der Waals surface area contributed by atoms with E-state index in [-0.39, 0.29) is 0 Å². The van der Waals surface area contributed by atoms with Gasteiger partial charge in [-0.2, -0.15) is 0 Å². The van der Waals surface area contributed by atoms with Crippen LogP contribution in [-0.4, -0.2) is 28.9 Å². The molecule has 1 unspecified atom stereocenters. The number of carboxylic acids is 1. The Kier molecular flexibility index (Phi) is 4.67. The van der Waals surface area contributed by atoms with Crippen molar-refractivity contribution in [2.45, 2.75) is 12.5 Å². The SMILES string of the molecule is NC(=O)CC(NC(=O)/C=C/c1ccco1)C(=O)O. The predicted molar refractivity (Wildman–Crippen MR) is 61.1 cm³/mol. The second-order valence-corrected chi connectivity index (χ2v) is 3.42. The van der Waals surface area contributed by atoms with Crippen molar-refractivity contribution in [1.29, 1.82) is 0 Å². The Morgan fingerprint density at radius 2 is 2.22 bits per heavy atom. The molecule has 96 valence electrons. The van der Waals surface area contributed by atoms with Crippen molar-refractivity contribution in [2.24, 2.45) is 5.73 Å².